The molecule has 3 aromatic rings. The summed E-state index contributed by atoms with van der Waals surface area (Å²) < 4.78 is 13.7. The molecular formula is C22H22ClFN4OS. The molecule has 0 saturated heterocycles. The number of nitrogens with zero attached hydrogens (tertiary/aromatic N) is 3. The van der Waals surface area contributed by atoms with Gasteiger partial charge in [-0.1, -0.05) is 47.6 Å². The number of amides is 1. The third-order valence-electron chi connectivity index (χ3n) is 4.45. The van der Waals surface area contributed by atoms with E-state index in [0.29, 0.717) is 21.6 Å². The second-order valence-electron chi connectivity index (χ2n) is 6.42. The molecule has 8 heteroatoms. The van der Waals surface area contributed by atoms with Gasteiger partial charge in [0.1, 0.15) is 16.8 Å². The predicted octanol–water partition coefficient (Wildman–Crippen LogP) is 5.66. The first-order chi connectivity index (χ1) is 14.5. The summed E-state index contributed by atoms with van der Waals surface area (Å²) in [5.41, 5.74) is 1.62. The monoisotopic (exact) mass is 444 g/mol. The molecule has 0 unspecified atom stereocenters. The average molecular weight is 445 g/mol. The van der Waals surface area contributed by atoms with E-state index in [-0.39, 0.29) is 11.6 Å². The number of thioether (sulfide) groups is 1. The van der Waals surface area contributed by atoms with Gasteiger partial charge in [0.15, 0.2) is 5.16 Å². The van der Waals surface area contributed by atoms with Gasteiger partial charge in [0.05, 0.1) is 5.69 Å². The summed E-state index contributed by atoms with van der Waals surface area (Å²) in [6, 6.07) is 15.0. The van der Waals surface area contributed by atoms with Crippen molar-refractivity contribution in [3.63, 3.8) is 0 Å². The first-order valence-corrected chi connectivity index (χ1v) is 10.9. The molecule has 1 aromatic heterocycles. The zero-order valence-electron chi connectivity index (χ0n) is 16.7. The average Bonchev–Trinajstić information content (AvgIpc) is 2.75. The summed E-state index contributed by atoms with van der Waals surface area (Å²) >= 11 is 7.64. The smallest absolute Gasteiger partial charge is 0.255 e. The molecule has 0 radical (unpaired) electrons. The Bertz CT molecular complexity index is 1010. The second kappa shape index (κ2) is 10.4. The molecule has 0 aliphatic carbocycles. The Morgan fingerprint density at radius 3 is 2.47 bits per heavy atom. The maximum absolute atomic E-state index is 13.7. The van der Waals surface area contributed by atoms with E-state index in [2.05, 4.69) is 34.0 Å². The molecule has 0 bridgehead atoms. The van der Waals surface area contributed by atoms with Crippen molar-refractivity contribution in [1.82, 2.24) is 9.97 Å². The van der Waals surface area contributed by atoms with E-state index in [1.54, 1.807) is 30.3 Å². The van der Waals surface area contributed by atoms with Gasteiger partial charge in [-0.15, -0.1) is 0 Å². The van der Waals surface area contributed by atoms with Crippen LogP contribution in [0.1, 0.15) is 29.8 Å². The van der Waals surface area contributed by atoms with E-state index in [1.807, 2.05) is 12.1 Å². The first kappa shape index (κ1) is 22.1. The maximum atomic E-state index is 13.7. The van der Waals surface area contributed by atoms with Gasteiger partial charge in [0, 0.05) is 30.5 Å². The molecule has 1 N–H and O–H groups in total. The lowest BCUT2D eigenvalue weighted by atomic mass is 10.1. The van der Waals surface area contributed by atoms with Gasteiger partial charge in [0.2, 0.25) is 0 Å². The van der Waals surface area contributed by atoms with Crippen molar-refractivity contribution in [1.29, 1.82) is 0 Å². The second-order valence-corrected chi connectivity index (χ2v) is 7.75. The third-order valence-corrected chi connectivity index (χ3v) is 5.57. The van der Waals surface area contributed by atoms with Crippen molar-refractivity contribution in [2.45, 2.75) is 24.8 Å². The van der Waals surface area contributed by atoms with Crippen LogP contribution < -0.4 is 10.2 Å². The molecule has 0 aliphatic rings. The number of hydrogen-bond acceptors (Lipinski definition) is 5. The quantitative estimate of drug-likeness (QED) is 0.276. The number of carbonyl (C=O) groups is 1. The fourth-order valence-corrected chi connectivity index (χ4v) is 3.85. The number of nitrogens with one attached hydrogen (secondary N) is 1. The van der Waals surface area contributed by atoms with Crippen LogP contribution in [0.5, 0.6) is 0 Å². The Morgan fingerprint density at radius 2 is 1.80 bits per heavy atom. The number of para-hydroxylation sites is 1. The predicted molar refractivity (Wildman–Crippen MR) is 121 cm³/mol. The lowest BCUT2D eigenvalue weighted by Gasteiger charge is -2.20. The molecule has 0 aliphatic heterocycles. The van der Waals surface area contributed by atoms with Crippen LogP contribution in [0.4, 0.5) is 15.9 Å². The summed E-state index contributed by atoms with van der Waals surface area (Å²) in [4.78, 5) is 23.3. The summed E-state index contributed by atoms with van der Waals surface area (Å²) in [5.74, 6) is 0.612. The molecule has 156 valence electrons. The van der Waals surface area contributed by atoms with Crippen LogP contribution >= 0.6 is 23.4 Å². The van der Waals surface area contributed by atoms with E-state index in [4.69, 9.17) is 11.6 Å². The van der Waals surface area contributed by atoms with E-state index >= 15 is 0 Å². The first-order valence-electron chi connectivity index (χ1n) is 9.57. The highest BCUT2D eigenvalue weighted by Crippen LogP contribution is 2.25. The van der Waals surface area contributed by atoms with E-state index in [1.165, 1.54) is 23.9 Å². The van der Waals surface area contributed by atoms with Gasteiger partial charge in [-0.3, -0.25) is 4.79 Å². The van der Waals surface area contributed by atoms with Crippen molar-refractivity contribution < 1.29 is 9.18 Å². The van der Waals surface area contributed by atoms with Crippen LogP contribution in [0.15, 0.2) is 59.8 Å². The summed E-state index contributed by atoms with van der Waals surface area (Å²) in [7, 11) is 0. The van der Waals surface area contributed by atoms with Gasteiger partial charge in [-0.2, -0.15) is 0 Å². The molecule has 5 nitrogen and oxygen atoms in total. The fraction of sp³-hybridized carbons (Fsp3) is 0.227. The molecule has 0 fully saturated rings. The summed E-state index contributed by atoms with van der Waals surface area (Å²) in [6.07, 6.45) is 0. The number of carbonyl (C=O) groups excluding carboxylic acids is 1. The minimum absolute atomic E-state index is 0.157. The van der Waals surface area contributed by atoms with Crippen LogP contribution in [-0.2, 0) is 5.75 Å². The normalized spacial score (nSPS) is 10.7. The highest BCUT2D eigenvalue weighted by Gasteiger charge is 2.11. The number of hydrogen-bond donors (Lipinski definition) is 1. The minimum Gasteiger partial charge on any atom is -0.357 e. The van der Waals surface area contributed by atoms with Crippen molar-refractivity contribution in [3.8, 4) is 0 Å². The number of rotatable bonds is 8. The Kier molecular flexibility index (Phi) is 7.65. The SMILES string of the molecule is CCN(CC)c1cc(Cl)nc(SCc2ccc(C(=O)Nc3ccccc3F)cc2)n1. The van der Waals surface area contributed by atoms with E-state index < -0.39 is 5.82 Å². The summed E-state index contributed by atoms with van der Waals surface area (Å²) in [5, 5.41) is 3.59. The Labute approximate surface area is 184 Å². The lowest BCUT2D eigenvalue weighted by Crippen LogP contribution is -2.23. The van der Waals surface area contributed by atoms with Crippen LogP contribution in [0.25, 0.3) is 0 Å². The zero-order valence-corrected chi connectivity index (χ0v) is 18.3. The molecule has 3 rings (SSSR count). The molecule has 0 atom stereocenters. The third kappa shape index (κ3) is 5.70. The van der Waals surface area contributed by atoms with E-state index in [9.17, 15) is 9.18 Å². The summed E-state index contributed by atoms with van der Waals surface area (Å²) in [6.45, 7) is 5.81. The molecule has 30 heavy (non-hydrogen) atoms. The number of anilines is 2. The number of aromatic nitrogens is 2. The Hall–Kier alpha value is -2.64. The fourth-order valence-electron chi connectivity index (χ4n) is 2.82. The molecule has 2 aromatic carbocycles. The Morgan fingerprint density at radius 1 is 1.10 bits per heavy atom. The van der Waals surface area contributed by atoms with Crippen molar-refractivity contribution in [2.24, 2.45) is 0 Å². The lowest BCUT2D eigenvalue weighted by molar-refractivity contribution is 0.102. The zero-order chi connectivity index (χ0) is 21.5. The number of benzene rings is 2. The van der Waals surface area contributed by atoms with Crippen molar-refractivity contribution >= 4 is 40.8 Å². The van der Waals surface area contributed by atoms with Crippen LogP contribution in [0.2, 0.25) is 5.15 Å². The topological polar surface area (TPSA) is 58.1 Å². The van der Waals surface area contributed by atoms with Gasteiger partial charge < -0.3 is 10.2 Å². The molecule has 0 spiro atoms. The van der Waals surface area contributed by atoms with Crippen molar-refractivity contribution in [2.75, 3.05) is 23.3 Å². The molecule has 1 heterocycles. The van der Waals surface area contributed by atoms with E-state index in [0.717, 1.165) is 24.5 Å². The number of halogens is 2. The molecule has 1 amide bonds. The molecular weight excluding hydrogens is 423 g/mol. The van der Waals surface area contributed by atoms with Crippen LogP contribution in [-0.4, -0.2) is 29.0 Å². The maximum Gasteiger partial charge on any atom is 0.255 e. The largest absolute Gasteiger partial charge is 0.357 e. The highest BCUT2D eigenvalue weighted by molar-refractivity contribution is 7.98. The van der Waals surface area contributed by atoms with Crippen molar-refractivity contribution in [3.05, 3.63) is 76.7 Å². The van der Waals surface area contributed by atoms with Crippen LogP contribution in [0.3, 0.4) is 0 Å². The Balaban J connectivity index is 1.64. The van der Waals surface area contributed by atoms with Gasteiger partial charge >= 0.3 is 0 Å². The standard InChI is InChI=1S/C22H22ClFN4OS/c1-3-28(4-2)20-13-19(23)26-22(27-20)30-14-15-9-11-16(12-10-15)21(29)25-18-8-6-5-7-17(18)24/h5-13H,3-4,14H2,1-2H3,(H,25,29). The van der Waals surface area contributed by atoms with Gasteiger partial charge in [-0.25, -0.2) is 14.4 Å². The van der Waals surface area contributed by atoms with Gasteiger partial charge in [0.25, 0.3) is 5.91 Å². The minimum atomic E-state index is -0.468. The van der Waals surface area contributed by atoms with Crippen LogP contribution in [0, 0.1) is 5.82 Å². The highest BCUT2D eigenvalue weighted by atomic mass is 35.5. The molecule has 0 saturated carbocycles. The van der Waals surface area contributed by atoms with Gasteiger partial charge in [-0.05, 0) is 43.7 Å².